The minimum Gasteiger partial charge on any atom is -0.462 e. The molecule has 3 aromatic rings. The molecule has 1 heterocycles. The summed E-state index contributed by atoms with van der Waals surface area (Å²) in [5, 5.41) is 12.0. The second kappa shape index (κ2) is 8.36. The Kier molecular flexibility index (Phi) is 5.88. The molecule has 0 aliphatic heterocycles. The number of amides is 1. The van der Waals surface area contributed by atoms with E-state index in [1.54, 1.807) is 14.0 Å². The largest absolute Gasteiger partial charge is 0.462 e. The molecule has 150 valence electrons. The number of hydrogen-bond donors (Lipinski definition) is 0. The highest BCUT2D eigenvalue weighted by atomic mass is 32.1. The van der Waals surface area contributed by atoms with E-state index in [1.165, 1.54) is 22.3 Å². The number of thiazole rings is 1. The number of benzene rings is 2. The lowest BCUT2D eigenvalue weighted by molar-refractivity contribution is -0.384. The molecule has 0 aliphatic rings. The molecular formula is C20H19N3O5S. The summed E-state index contributed by atoms with van der Waals surface area (Å²) in [6, 6.07) is 10.9. The van der Waals surface area contributed by atoms with Gasteiger partial charge in [0.1, 0.15) is 5.01 Å². The third-order valence-electron chi connectivity index (χ3n) is 4.46. The predicted molar refractivity (Wildman–Crippen MR) is 109 cm³/mol. The second-order valence-electron chi connectivity index (χ2n) is 6.36. The third-order valence-corrected chi connectivity index (χ3v) is 5.66. The maximum absolute atomic E-state index is 13.0. The van der Waals surface area contributed by atoms with Crippen LogP contribution in [0.1, 0.15) is 45.6 Å². The van der Waals surface area contributed by atoms with Gasteiger partial charge in [-0.25, -0.2) is 9.78 Å². The van der Waals surface area contributed by atoms with Crippen molar-refractivity contribution < 1.29 is 19.2 Å². The summed E-state index contributed by atoms with van der Waals surface area (Å²) in [5.74, 6) is -1.17. The van der Waals surface area contributed by atoms with Crippen molar-refractivity contribution in [2.75, 3.05) is 13.7 Å². The molecule has 29 heavy (non-hydrogen) atoms. The molecule has 0 saturated carbocycles. The fourth-order valence-corrected chi connectivity index (χ4v) is 3.85. The fourth-order valence-electron chi connectivity index (χ4n) is 2.79. The molecule has 8 nitrogen and oxygen atoms in total. The number of ether oxygens (including phenoxy) is 1. The topological polar surface area (TPSA) is 103 Å². The Morgan fingerprint density at radius 1 is 1.24 bits per heavy atom. The summed E-state index contributed by atoms with van der Waals surface area (Å²) >= 11 is 1.48. The molecule has 0 radical (unpaired) electrons. The van der Waals surface area contributed by atoms with Crippen LogP contribution < -0.4 is 0 Å². The Morgan fingerprint density at radius 3 is 2.59 bits per heavy atom. The van der Waals surface area contributed by atoms with Crippen LogP contribution in [0.25, 0.3) is 10.2 Å². The first-order valence-electron chi connectivity index (χ1n) is 8.91. The van der Waals surface area contributed by atoms with Crippen molar-refractivity contribution in [3.63, 3.8) is 0 Å². The van der Waals surface area contributed by atoms with Crippen LogP contribution in [0.2, 0.25) is 0 Å². The van der Waals surface area contributed by atoms with E-state index in [9.17, 15) is 19.7 Å². The molecule has 0 unspecified atom stereocenters. The summed E-state index contributed by atoms with van der Waals surface area (Å²) < 4.78 is 5.92. The van der Waals surface area contributed by atoms with Crippen molar-refractivity contribution in [3.05, 3.63) is 68.7 Å². The lowest BCUT2D eigenvalue weighted by Gasteiger charge is -2.23. The standard InChI is InChI=1S/C20H19N3O5S/c1-4-28-20(25)14-9-13(10-15(11-14)23(26)27)19(24)22(3)12(2)18-21-16-7-5-6-8-17(16)29-18/h5-12H,4H2,1-3H3/t12-/m1/s1. The maximum Gasteiger partial charge on any atom is 0.338 e. The van der Waals surface area contributed by atoms with Gasteiger partial charge in [0.25, 0.3) is 11.6 Å². The van der Waals surface area contributed by atoms with Gasteiger partial charge in [-0.1, -0.05) is 12.1 Å². The molecule has 2 aromatic carbocycles. The zero-order valence-electron chi connectivity index (χ0n) is 16.1. The van der Waals surface area contributed by atoms with Crippen LogP contribution in [0.5, 0.6) is 0 Å². The van der Waals surface area contributed by atoms with Crippen LogP contribution in [0.3, 0.4) is 0 Å². The van der Waals surface area contributed by atoms with E-state index >= 15 is 0 Å². The molecule has 0 N–H and O–H groups in total. The van der Waals surface area contributed by atoms with Gasteiger partial charge in [0.2, 0.25) is 0 Å². The predicted octanol–water partition coefficient (Wildman–Crippen LogP) is 4.21. The van der Waals surface area contributed by atoms with Crippen molar-refractivity contribution >= 4 is 39.1 Å². The number of carbonyl (C=O) groups excluding carboxylic acids is 2. The highest BCUT2D eigenvalue weighted by molar-refractivity contribution is 7.18. The zero-order chi connectivity index (χ0) is 21.1. The number of hydrogen-bond acceptors (Lipinski definition) is 7. The van der Waals surface area contributed by atoms with Crippen LogP contribution in [0.4, 0.5) is 5.69 Å². The Hall–Kier alpha value is -3.33. The van der Waals surface area contributed by atoms with Gasteiger partial charge < -0.3 is 9.64 Å². The zero-order valence-corrected chi connectivity index (χ0v) is 16.9. The molecule has 1 aromatic heterocycles. The van der Waals surface area contributed by atoms with Crippen molar-refractivity contribution in [1.82, 2.24) is 9.88 Å². The fraction of sp³-hybridized carbons (Fsp3) is 0.250. The number of aromatic nitrogens is 1. The van der Waals surface area contributed by atoms with E-state index in [1.807, 2.05) is 31.2 Å². The number of nitro benzene ring substituents is 1. The Balaban J connectivity index is 1.93. The lowest BCUT2D eigenvalue weighted by Crippen LogP contribution is -2.29. The maximum atomic E-state index is 13.0. The van der Waals surface area contributed by atoms with Gasteiger partial charge in [0.05, 0.1) is 33.4 Å². The average molecular weight is 413 g/mol. The molecule has 0 saturated heterocycles. The number of non-ortho nitro benzene ring substituents is 1. The van der Waals surface area contributed by atoms with Gasteiger partial charge in [0.15, 0.2) is 0 Å². The van der Waals surface area contributed by atoms with Crippen LogP contribution in [-0.4, -0.2) is 40.3 Å². The molecule has 0 bridgehead atoms. The molecular weight excluding hydrogens is 394 g/mol. The molecule has 9 heteroatoms. The van der Waals surface area contributed by atoms with E-state index in [0.29, 0.717) is 0 Å². The first kappa shape index (κ1) is 20.4. The quantitative estimate of drug-likeness (QED) is 0.341. The van der Waals surface area contributed by atoms with E-state index in [2.05, 4.69) is 4.98 Å². The molecule has 0 fully saturated rings. The van der Waals surface area contributed by atoms with E-state index in [-0.39, 0.29) is 29.5 Å². The smallest absolute Gasteiger partial charge is 0.338 e. The number of rotatable bonds is 6. The van der Waals surface area contributed by atoms with E-state index < -0.39 is 16.8 Å². The van der Waals surface area contributed by atoms with Gasteiger partial charge in [-0.2, -0.15) is 0 Å². The number of para-hydroxylation sites is 1. The monoisotopic (exact) mass is 413 g/mol. The average Bonchev–Trinajstić information content (AvgIpc) is 3.16. The number of fused-ring (bicyclic) bond motifs is 1. The Bertz CT molecular complexity index is 1060. The van der Waals surface area contributed by atoms with Gasteiger partial charge in [-0.15, -0.1) is 11.3 Å². The first-order chi connectivity index (χ1) is 13.8. The minimum atomic E-state index is -0.716. The summed E-state index contributed by atoms with van der Waals surface area (Å²) in [4.78, 5) is 41.7. The third kappa shape index (κ3) is 4.24. The van der Waals surface area contributed by atoms with Gasteiger partial charge in [0, 0.05) is 24.7 Å². The summed E-state index contributed by atoms with van der Waals surface area (Å²) in [6.45, 7) is 3.59. The Labute approximate surface area is 170 Å². The van der Waals surface area contributed by atoms with Gasteiger partial charge in [-0.3, -0.25) is 14.9 Å². The Morgan fingerprint density at radius 2 is 1.93 bits per heavy atom. The van der Waals surface area contributed by atoms with Crippen LogP contribution in [-0.2, 0) is 4.74 Å². The first-order valence-corrected chi connectivity index (χ1v) is 9.72. The van der Waals surface area contributed by atoms with Crippen molar-refractivity contribution in [2.45, 2.75) is 19.9 Å². The van der Waals surface area contributed by atoms with E-state index in [0.717, 1.165) is 27.4 Å². The number of esters is 1. The van der Waals surface area contributed by atoms with Gasteiger partial charge in [-0.05, 0) is 32.0 Å². The second-order valence-corrected chi connectivity index (χ2v) is 7.42. The number of nitro groups is 1. The lowest BCUT2D eigenvalue weighted by atomic mass is 10.1. The SMILES string of the molecule is CCOC(=O)c1cc(C(=O)N(C)[C@H](C)c2nc3ccccc3s2)cc([N+](=O)[O-])c1. The van der Waals surface area contributed by atoms with Crippen molar-refractivity contribution in [1.29, 1.82) is 0 Å². The summed E-state index contributed by atoms with van der Waals surface area (Å²) in [5.41, 5.74) is 0.503. The summed E-state index contributed by atoms with van der Waals surface area (Å²) in [7, 11) is 1.60. The molecule has 1 atom stereocenters. The molecule has 0 aliphatic carbocycles. The highest BCUT2D eigenvalue weighted by Gasteiger charge is 2.25. The van der Waals surface area contributed by atoms with E-state index in [4.69, 9.17) is 4.74 Å². The van der Waals surface area contributed by atoms with Crippen molar-refractivity contribution in [3.8, 4) is 0 Å². The normalized spacial score (nSPS) is 11.8. The van der Waals surface area contributed by atoms with Crippen LogP contribution in [0.15, 0.2) is 42.5 Å². The van der Waals surface area contributed by atoms with Crippen LogP contribution in [0, 0.1) is 10.1 Å². The molecule has 3 rings (SSSR count). The molecule has 1 amide bonds. The number of nitrogens with zero attached hydrogens (tertiary/aromatic N) is 3. The molecule has 0 spiro atoms. The van der Waals surface area contributed by atoms with Gasteiger partial charge >= 0.3 is 5.97 Å². The minimum absolute atomic E-state index is 0.0366. The van der Waals surface area contributed by atoms with Crippen molar-refractivity contribution in [2.24, 2.45) is 0 Å². The highest BCUT2D eigenvalue weighted by Crippen LogP contribution is 2.30. The number of carbonyl (C=O) groups is 2. The van der Waals surface area contributed by atoms with Crippen LogP contribution >= 0.6 is 11.3 Å². The summed E-state index contributed by atoms with van der Waals surface area (Å²) in [6.07, 6.45) is 0.